The minimum absolute atomic E-state index is 0.754. The van der Waals surface area contributed by atoms with Crippen LogP contribution >= 0.6 is 11.6 Å². The van der Waals surface area contributed by atoms with Crippen LogP contribution < -0.4 is 0 Å². The molecular formula is C16H21ClN2. The van der Waals surface area contributed by atoms with E-state index in [2.05, 4.69) is 37.2 Å². The van der Waals surface area contributed by atoms with Crippen LogP contribution in [0.2, 0.25) is 5.02 Å². The second-order valence-electron chi connectivity index (χ2n) is 6.15. The fourth-order valence-electron chi connectivity index (χ4n) is 3.41. The summed E-state index contributed by atoms with van der Waals surface area (Å²) in [6.07, 6.45) is 4.23. The van der Waals surface area contributed by atoms with Crippen molar-refractivity contribution in [2.24, 2.45) is 11.8 Å². The lowest BCUT2D eigenvalue weighted by Gasteiger charge is -2.28. The van der Waals surface area contributed by atoms with Crippen LogP contribution in [0, 0.1) is 25.7 Å². The van der Waals surface area contributed by atoms with Gasteiger partial charge in [-0.2, -0.15) is 0 Å². The summed E-state index contributed by atoms with van der Waals surface area (Å²) in [6, 6.07) is 0. The molecule has 0 amide bonds. The second kappa shape index (κ2) is 4.52. The summed E-state index contributed by atoms with van der Waals surface area (Å²) in [5.41, 5.74) is 5.15. The summed E-state index contributed by atoms with van der Waals surface area (Å²) in [6.45, 7) is 10.1. The van der Waals surface area contributed by atoms with Gasteiger partial charge in [-0.15, -0.1) is 0 Å². The first-order valence-corrected chi connectivity index (χ1v) is 7.51. The Labute approximate surface area is 119 Å². The molecule has 0 aromatic carbocycles. The lowest BCUT2D eigenvalue weighted by Crippen LogP contribution is -2.23. The van der Waals surface area contributed by atoms with Crippen LogP contribution in [-0.2, 0) is 13.0 Å². The van der Waals surface area contributed by atoms with Crippen LogP contribution in [0.1, 0.15) is 37.1 Å². The van der Waals surface area contributed by atoms with Gasteiger partial charge < -0.3 is 4.57 Å². The summed E-state index contributed by atoms with van der Waals surface area (Å²) in [4.78, 5) is 4.58. The minimum atomic E-state index is 0.754. The van der Waals surface area contributed by atoms with Gasteiger partial charge in [0, 0.05) is 23.8 Å². The predicted octanol–water partition coefficient (Wildman–Crippen LogP) is 4.52. The van der Waals surface area contributed by atoms with E-state index < -0.39 is 0 Å². The standard InChI is InChI=1S/C16H21ClN2/c1-9(2)12-5-6-19-14(7-12)11(4)15-10(3)13(17)8-18-16(15)19/h8-9,12H,5-7H2,1-4H3. The fourth-order valence-corrected chi connectivity index (χ4v) is 3.56. The molecule has 0 aliphatic carbocycles. The molecule has 3 heteroatoms. The van der Waals surface area contributed by atoms with Gasteiger partial charge in [-0.05, 0) is 49.7 Å². The predicted molar refractivity (Wildman–Crippen MR) is 80.9 cm³/mol. The summed E-state index contributed by atoms with van der Waals surface area (Å²) < 4.78 is 2.41. The van der Waals surface area contributed by atoms with Gasteiger partial charge in [0.05, 0.1) is 5.02 Å². The monoisotopic (exact) mass is 276 g/mol. The number of aryl methyl sites for hydroxylation is 3. The molecular weight excluding hydrogens is 256 g/mol. The van der Waals surface area contributed by atoms with Crippen LogP contribution in [0.25, 0.3) is 11.0 Å². The highest BCUT2D eigenvalue weighted by atomic mass is 35.5. The quantitative estimate of drug-likeness (QED) is 0.748. The van der Waals surface area contributed by atoms with E-state index in [1.54, 1.807) is 6.20 Å². The Morgan fingerprint density at radius 1 is 1.32 bits per heavy atom. The zero-order valence-corrected chi connectivity index (χ0v) is 12.9. The van der Waals surface area contributed by atoms with E-state index >= 15 is 0 Å². The van der Waals surface area contributed by atoms with Gasteiger partial charge in [0.15, 0.2) is 0 Å². The van der Waals surface area contributed by atoms with Gasteiger partial charge in [0.1, 0.15) is 5.65 Å². The molecule has 19 heavy (non-hydrogen) atoms. The Morgan fingerprint density at radius 3 is 2.74 bits per heavy atom. The number of fused-ring (bicyclic) bond motifs is 3. The first-order valence-electron chi connectivity index (χ1n) is 7.13. The third kappa shape index (κ3) is 1.88. The maximum atomic E-state index is 6.23. The molecule has 2 aromatic rings. The van der Waals surface area contributed by atoms with Gasteiger partial charge >= 0.3 is 0 Å². The topological polar surface area (TPSA) is 17.8 Å². The molecule has 3 rings (SSSR count). The largest absolute Gasteiger partial charge is 0.329 e. The summed E-state index contributed by atoms with van der Waals surface area (Å²) >= 11 is 6.23. The Hall–Kier alpha value is -1.02. The van der Waals surface area contributed by atoms with Crippen molar-refractivity contribution in [3.8, 4) is 0 Å². The first kappa shape index (κ1) is 13.0. The summed E-state index contributed by atoms with van der Waals surface area (Å²) in [5.74, 6) is 1.55. The van der Waals surface area contributed by atoms with Crippen molar-refractivity contribution in [1.82, 2.24) is 9.55 Å². The molecule has 0 N–H and O–H groups in total. The molecule has 0 saturated carbocycles. The molecule has 102 valence electrons. The Morgan fingerprint density at radius 2 is 2.05 bits per heavy atom. The molecule has 0 bridgehead atoms. The lowest BCUT2D eigenvalue weighted by molar-refractivity contribution is 0.305. The molecule has 0 fully saturated rings. The SMILES string of the molecule is Cc1c(Cl)cnc2c1c(C)c1n2CCC(C(C)C)C1. The molecule has 1 unspecified atom stereocenters. The maximum Gasteiger partial charge on any atom is 0.140 e. The Balaban J connectivity index is 2.21. The molecule has 0 saturated heterocycles. The highest BCUT2D eigenvalue weighted by molar-refractivity contribution is 6.32. The van der Waals surface area contributed by atoms with Crippen LogP contribution in [0.4, 0.5) is 0 Å². The smallest absolute Gasteiger partial charge is 0.140 e. The Bertz CT molecular complexity index is 640. The summed E-state index contributed by atoms with van der Waals surface area (Å²) in [7, 11) is 0. The van der Waals surface area contributed by atoms with Crippen LogP contribution in [0.15, 0.2) is 6.20 Å². The molecule has 1 aliphatic heterocycles. The second-order valence-corrected chi connectivity index (χ2v) is 6.56. The van der Waals surface area contributed by atoms with Crippen molar-refractivity contribution >= 4 is 22.6 Å². The number of hydrogen-bond acceptors (Lipinski definition) is 1. The molecule has 0 radical (unpaired) electrons. The van der Waals surface area contributed by atoms with E-state index in [4.69, 9.17) is 11.6 Å². The van der Waals surface area contributed by atoms with Crippen molar-refractivity contribution in [2.75, 3.05) is 0 Å². The van der Waals surface area contributed by atoms with Crippen molar-refractivity contribution in [1.29, 1.82) is 0 Å². The zero-order valence-electron chi connectivity index (χ0n) is 12.1. The van der Waals surface area contributed by atoms with E-state index in [-0.39, 0.29) is 0 Å². The maximum absolute atomic E-state index is 6.23. The van der Waals surface area contributed by atoms with E-state index in [1.807, 2.05) is 0 Å². The number of pyridine rings is 1. The molecule has 1 aliphatic rings. The molecule has 2 aromatic heterocycles. The molecule has 2 nitrogen and oxygen atoms in total. The van der Waals surface area contributed by atoms with Gasteiger partial charge in [-0.25, -0.2) is 4.98 Å². The average Bonchev–Trinajstić information content (AvgIpc) is 2.67. The lowest BCUT2D eigenvalue weighted by atomic mass is 9.85. The van der Waals surface area contributed by atoms with Gasteiger partial charge in [-0.3, -0.25) is 0 Å². The molecule has 3 heterocycles. The van der Waals surface area contributed by atoms with Gasteiger partial charge in [0.25, 0.3) is 0 Å². The number of hydrogen-bond donors (Lipinski definition) is 0. The van der Waals surface area contributed by atoms with Gasteiger partial charge in [-0.1, -0.05) is 25.4 Å². The third-order valence-corrected chi connectivity index (χ3v) is 5.15. The third-order valence-electron chi connectivity index (χ3n) is 4.77. The first-order chi connectivity index (χ1) is 9.00. The number of rotatable bonds is 1. The fraction of sp³-hybridized carbons (Fsp3) is 0.562. The van der Waals surface area contributed by atoms with Crippen LogP contribution in [-0.4, -0.2) is 9.55 Å². The van der Waals surface area contributed by atoms with E-state index in [0.29, 0.717) is 0 Å². The van der Waals surface area contributed by atoms with E-state index in [1.165, 1.54) is 35.0 Å². The van der Waals surface area contributed by atoms with Crippen LogP contribution in [0.5, 0.6) is 0 Å². The van der Waals surface area contributed by atoms with Crippen molar-refractivity contribution in [3.63, 3.8) is 0 Å². The number of aromatic nitrogens is 2. The zero-order chi connectivity index (χ0) is 13.7. The molecule has 1 atom stereocenters. The average molecular weight is 277 g/mol. The summed E-state index contributed by atoms with van der Waals surface area (Å²) in [5, 5.41) is 2.05. The van der Waals surface area contributed by atoms with Crippen molar-refractivity contribution in [3.05, 3.63) is 28.0 Å². The minimum Gasteiger partial charge on any atom is -0.329 e. The molecule has 0 spiro atoms. The van der Waals surface area contributed by atoms with Crippen LogP contribution in [0.3, 0.4) is 0 Å². The normalized spacial score (nSPS) is 19.2. The van der Waals surface area contributed by atoms with Crippen molar-refractivity contribution in [2.45, 2.75) is 47.1 Å². The highest BCUT2D eigenvalue weighted by Gasteiger charge is 2.26. The van der Waals surface area contributed by atoms with E-state index in [9.17, 15) is 0 Å². The van der Waals surface area contributed by atoms with E-state index in [0.717, 1.165) is 29.1 Å². The highest BCUT2D eigenvalue weighted by Crippen LogP contribution is 2.36. The number of halogens is 1. The number of nitrogens with zero attached hydrogens (tertiary/aromatic N) is 2. The van der Waals surface area contributed by atoms with Crippen molar-refractivity contribution < 1.29 is 0 Å². The Kier molecular flexibility index (Phi) is 3.09. The van der Waals surface area contributed by atoms with Gasteiger partial charge in [0.2, 0.25) is 0 Å².